The third kappa shape index (κ3) is 1.46. The Balaban J connectivity index is 2.08. The third-order valence-corrected chi connectivity index (χ3v) is 10.4. The van der Waals surface area contributed by atoms with Crippen LogP contribution in [0.3, 0.4) is 0 Å². The SMILES string of the molecule is C1C[Se][Te]C1. The molecule has 1 rings (SSSR count). The van der Waals surface area contributed by atoms with E-state index in [4.69, 9.17) is 0 Å². The second-order valence-electron chi connectivity index (χ2n) is 0.998. The minimum absolute atomic E-state index is 0.667. The Labute approximate surface area is 46.6 Å². The van der Waals surface area contributed by atoms with Crippen LogP contribution < -0.4 is 0 Å². The van der Waals surface area contributed by atoms with Gasteiger partial charge in [0.25, 0.3) is 0 Å². The molecule has 5 heavy (non-hydrogen) atoms. The summed E-state index contributed by atoms with van der Waals surface area (Å²) in [6.07, 6.45) is 1.59. The van der Waals surface area contributed by atoms with Gasteiger partial charge in [0.15, 0.2) is 0 Å². The zero-order chi connectivity index (χ0) is 3.54. The van der Waals surface area contributed by atoms with Crippen LogP contribution in [-0.4, -0.2) is 30.5 Å². The van der Waals surface area contributed by atoms with Gasteiger partial charge in [0.2, 0.25) is 0 Å². The topological polar surface area (TPSA) is 0 Å². The Bertz CT molecular complexity index is 18.5. The molecular formula is C3H6SeTe. The van der Waals surface area contributed by atoms with Crippen LogP contribution in [0.1, 0.15) is 6.42 Å². The Morgan fingerprint density at radius 1 is 1.60 bits per heavy atom. The fraction of sp³-hybridized carbons (Fsp3) is 1.00. The molecule has 30 valence electrons. The molecule has 0 radical (unpaired) electrons. The molecule has 0 aliphatic carbocycles. The molecule has 0 bridgehead atoms. The molecule has 0 spiro atoms. The number of hydrogen-bond acceptors (Lipinski definition) is 0. The Hall–Kier alpha value is 1.31. The first-order valence-corrected chi connectivity index (χ1v) is 10.2. The van der Waals surface area contributed by atoms with Gasteiger partial charge in [0.05, 0.1) is 0 Å². The van der Waals surface area contributed by atoms with Crippen molar-refractivity contribution < 1.29 is 0 Å². The number of hydrogen-bond donors (Lipinski definition) is 0. The van der Waals surface area contributed by atoms with Gasteiger partial charge in [0.1, 0.15) is 0 Å². The molecule has 0 saturated carbocycles. The summed E-state index contributed by atoms with van der Waals surface area (Å²) >= 11 is 1.87. The molecule has 1 aliphatic heterocycles. The zero-order valence-electron chi connectivity index (χ0n) is 2.94. The fourth-order valence-electron chi connectivity index (χ4n) is 0.295. The molecule has 0 aromatic heterocycles. The van der Waals surface area contributed by atoms with E-state index in [1.54, 1.807) is 16.2 Å². The van der Waals surface area contributed by atoms with E-state index in [9.17, 15) is 0 Å². The summed E-state index contributed by atoms with van der Waals surface area (Å²) in [7, 11) is 0. The van der Waals surface area contributed by atoms with Gasteiger partial charge < -0.3 is 0 Å². The molecule has 0 atom stereocenters. The number of rotatable bonds is 0. The maximum atomic E-state index is 1.66. The van der Waals surface area contributed by atoms with Gasteiger partial charge in [-0.2, -0.15) is 0 Å². The van der Waals surface area contributed by atoms with Gasteiger partial charge in [-0.3, -0.25) is 0 Å². The zero-order valence-corrected chi connectivity index (χ0v) is 6.98. The van der Waals surface area contributed by atoms with Gasteiger partial charge in [-0.1, -0.05) is 0 Å². The molecule has 1 aliphatic rings. The van der Waals surface area contributed by atoms with Crippen molar-refractivity contribution in [3.05, 3.63) is 0 Å². The Kier molecular flexibility index (Phi) is 2.21. The average Bonchev–Trinajstić information content (AvgIpc) is 1.76. The van der Waals surface area contributed by atoms with Gasteiger partial charge in [0, 0.05) is 0 Å². The van der Waals surface area contributed by atoms with Crippen LogP contribution in [0.2, 0.25) is 9.79 Å². The first-order chi connectivity index (χ1) is 2.50. The van der Waals surface area contributed by atoms with Gasteiger partial charge in [-0.25, -0.2) is 0 Å². The molecule has 0 amide bonds. The van der Waals surface area contributed by atoms with Crippen LogP contribution in [0.25, 0.3) is 0 Å². The van der Waals surface area contributed by atoms with Crippen LogP contribution in [0.4, 0.5) is 0 Å². The van der Waals surface area contributed by atoms with Crippen molar-refractivity contribution >= 4 is 30.5 Å². The van der Waals surface area contributed by atoms with E-state index in [-0.39, 0.29) is 0 Å². The second kappa shape index (κ2) is 2.48. The van der Waals surface area contributed by atoms with Crippen molar-refractivity contribution in [2.45, 2.75) is 16.2 Å². The van der Waals surface area contributed by atoms with E-state index in [1.807, 2.05) is 0 Å². The molecule has 0 unspecified atom stereocenters. The Morgan fingerprint density at radius 2 is 2.60 bits per heavy atom. The molecule has 0 nitrogen and oxygen atoms in total. The van der Waals surface area contributed by atoms with E-state index < -0.39 is 0 Å². The monoisotopic (exact) mass is 252 g/mol. The van der Waals surface area contributed by atoms with Gasteiger partial charge >= 0.3 is 46.7 Å². The quantitative estimate of drug-likeness (QED) is 0.550. The summed E-state index contributed by atoms with van der Waals surface area (Å²) < 4.78 is 1.66. The van der Waals surface area contributed by atoms with Crippen molar-refractivity contribution in [3.8, 4) is 0 Å². The van der Waals surface area contributed by atoms with E-state index in [0.29, 0.717) is 18.7 Å². The fourth-order valence-corrected chi connectivity index (χ4v) is 10.3. The van der Waals surface area contributed by atoms with Crippen molar-refractivity contribution in [2.24, 2.45) is 0 Å². The van der Waals surface area contributed by atoms with Crippen molar-refractivity contribution in [2.75, 3.05) is 0 Å². The minimum atomic E-state index is 0.667. The summed E-state index contributed by atoms with van der Waals surface area (Å²) in [4.78, 5) is 0. The van der Waals surface area contributed by atoms with Crippen LogP contribution in [0.5, 0.6) is 0 Å². The van der Waals surface area contributed by atoms with Crippen molar-refractivity contribution in [3.63, 3.8) is 0 Å². The van der Waals surface area contributed by atoms with E-state index in [2.05, 4.69) is 0 Å². The van der Waals surface area contributed by atoms with Crippen LogP contribution in [0, 0.1) is 0 Å². The van der Waals surface area contributed by atoms with E-state index >= 15 is 0 Å². The first kappa shape index (κ1) is 4.47. The average molecular weight is 249 g/mol. The van der Waals surface area contributed by atoms with Gasteiger partial charge in [-0.15, -0.1) is 0 Å². The molecule has 1 heterocycles. The third-order valence-electron chi connectivity index (χ3n) is 0.539. The van der Waals surface area contributed by atoms with E-state index in [1.165, 1.54) is 11.8 Å². The molecule has 0 N–H and O–H groups in total. The second-order valence-corrected chi connectivity index (χ2v) is 11.0. The Morgan fingerprint density at radius 3 is 2.80 bits per heavy atom. The summed E-state index contributed by atoms with van der Waals surface area (Å²) in [5.74, 6) is 0. The van der Waals surface area contributed by atoms with Crippen LogP contribution >= 0.6 is 0 Å². The maximum absolute atomic E-state index is 1.66. The molecule has 1 saturated heterocycles. The summed E-state index contributed by atoms with van der Waals surface area (Å²) in [5, 5.41) is 1.62. The van der Waals surface area contributed by atoms with Crippen LogP contribution in [-0.2, 0) is 0 Å². The predicted molar refractivity (Wildman–Crippen MR) is 25.7 cm³/mol. The molecule has 1 fully saturated rings. The summed E-state index contributed by atoms with van der Waals surface area (Å²) in [6.45, 7) is 0. The van der Waals surface area contributed by atoms with E-state index in [0.717, 1.165) is 0 Å². The standard InChI is InChI=1S/C3H6SeTe/c1-2-4-5-3-1/h1-3H2. The molecule has 2 heteroatoms. The first-order valence-electron chi connectivity index (χ1n) is 1.74. The predicted octanol–water partition coefficient (Wildman–Crippen LogP) is 0.550. The van der Waals surface area contributed by atoms with Crippen molar-refractivity contribution in [1.29, 1.82) is 0 Å². The van der Waals surface area contributed by atoms with Crippen LogP contribution in [0.15, 0.2) is 0 Å². The van der Waals surface area contributed by atoms with Gasteiger partial charge in [-0.05, 0) is 0 Å². The summed E-state index contributed by atoms with van der Waals surface area (Å²) in [5.41, 5.74) is 0. The molecular weight excluding hydrogens is 243 g/mol. The molecule has 0 aromatic rings. The summed E-state index contributed by atoms with van der Waals surface area (Å²) in [6, 6.07) is 0. The van der Waals surface area contributed by atoms with Crippen molar-refractivity contribution in [1.82, 2.24) is 0 Å². The normalized spacial score (nSPS) is 24.0. The molecule has 0 aromatic carbocycles.